The van der Waals surface area contributed by atoms with Crippen LogP contribution in [0.25, 0.3) is 0 Å². The fraction of sp³-hybridized carbons (Fsp3) is 0.368. The van der Waals surface area contributed by atoms with E-state index >= 15 is 0 Å². The molecule has 3 rings (SSSR count). The molecule has 25 heavy (non-hydrogen) atoms. The molecule has 0 unspecified atom stereocenters. The maximum Gasteiger partial charge on any atom is 0.321 e. The normalized spacial score (nSPS) is 18.2. The van der Waals surface area contributed by atoms with E-state index in [1.807, 2.05) is 30.3 Å². The monoisotopic (exact) mass is 341 g/mol. The third kappa shape index (κ3) is 4.28. The van der Waals surface area contributed by atoms with Gasteiger partial charge in [0.1, 0.15) is 0 Å². The molecule has 1 aromatic carbocycles. The van der Waals surface area contributed by atoms with Crippen molar-refractivity contribution >= 4 is 11.7 Å². The third-order valence-corrected chi connectivity index (χ3v) is 4.65. The SMILES string of the molecule is C[C@H](O)[C@@H]1CCN(C(=O)Nc2ccc(Cn3ccccc3=O)cc2)C1. The van der Waals surface area contributed by atoms with Crippen LogP contribution in [0.5, 0.6) is 0 Å². The zero-order chi connectivity index (χ0) is 17.8. The van der Waals surface area contributed by atoms with E-state index in [1.54, 1.807) is 28.7 Å². The molecule has 0 bridgehead atoms. The fourth-order valence-corrected chi connectivity index (χ4v) is 3.05. The molecule has 1 saturated heterocycles. The number of aromatic nitrogens is 1. The molecule has 0 spiro atoms. The average molecular weight is 341 g/mol. The van der Waals surface area contributed by atoms with Gasteiger partial charge in [-0.05, 0) is 37.1 Å². The molecular weight excluding hydrogens is 318 g/mol. The number of likely N-dealkylation sites (tertiary alicyclic amines) is 1. The highest BCUT2D eigenvalue weighted by Gasteiger charge is 2.28. The molecule has 2 heterocycles. The Labute approximate surface area is 146 Å². The lowest BCUT2D eigenvalue weighted by Gasteiger charge is -2.18. The maximum atomic E-state index is 12.3. The maximum absolute atomic E-state index is 12.3. The Morgan fingerprint density at radius 1 is 1.28 bits per heavy atom. The Bertz CT molecular complexity index is 783. The van der Waals surface area contributed by atoms with Crippen LogP contribution in [0, 0.1) is 5.92 Å². The van der Waals surface area contributed by atoms with Crippen molar-refractivity contribution in [1.29, 1.82) is 0 Å². The summed E-state index contributed by atoms with van der Waals surface area (Å²) < 4.78 is 1.63. The lowest BCUT2D eigenvalue weighted by atomic mass is 10.0. The molecule has 1 fully saturated rings. The average Bonchev–Trinajstić information content (AvgIpc) is 3.09. The number of benzene rings is 1. The first-order valence-electron chi connectivity index (χ1n) is 8.51. The number of carbonyl (C=O) groups is 1. The predicted molar refractivity (Wildman–Crippen MR) is 96.6 cm³/mol. The molecule has 6 nitrogen and oxygen atoms in total. The summed E-state index contributed by atoms with van der Waals surface area (Å²) in [5.41, 5.74) is 1.66. The highest BCUT2D eigenvalue weighted by molar-refractivity contribution is 5.89. The smallest absolute Gasteiger partial charge is 0.321 e. The van der Waals surface area contributed by atoms with Crippen molar-refractivity contribution in [3.05, 3.63) is 64.6 Å². The van der Waals surface area contributed by atoms with E-state index in [1.165, 1.54) is 6.07 Å². The number of nitrogens with zero attached hydrogens (tertiary/aromatic N) is 2. The minimum Gasteiger partial charge on any atom is -0.393 e. The Morgan fingerprint density at radius 3 is 2.68 bits per heavy atom. The summed E-state index contributed by atoms with van der Waals surface area (Å²) in [5.74, 6) is 0.150. The topological polar surface area (TPSA) is 74.6 Å². The van der Waals surface area contributed by atoms with Gasteiger partial charge in [0.2, 0.25) is 0 Å². The number of hydrogen-bond donors (Lipinski definition) is 2. The van der Waals surface area contributed by atoms with Crippen molar-refractivity contribution in [2.45, 2.75) is 26.0 Å². The summed E-state index contributed by atoms with van der Waals surface area (Å²) in [4.78, 5) is 25.8. The largest absolute Gasteiger partial charge is 0.393 e. The molecule has 1 aromatic heterocycles. The summed E-state index contributed by atoms with van der Waals surface area (Å²) in [7, 11) is 0. The Balaban J connectivity index is 1.58. The van der Waals surface area contributed by atoms with Gasteiger partial charge in [0.15, 0.2) is 0 Å². The van der Waals surface area contributed by atoms with Gasteiger partial charge in [-0.3, -0.25) is 4.79 Å². The van der Waals surface area contributed by atoms with Gasteiger partial charge >= 0.3 is 6.03 Å². The number of hydrogen-bond acceptors (Lipinski definition) is 3. The summed E-state index contributed by atoms with van der Waals surface area (Å²) in [6, 6.07) is 12.4. The van der Waals surface area contributed by atoms with Gasteiger partial charge in [0.25, 0.3) is 5.56 Å². The van der Waals surface area contributed by atoms with Crippen molar-refractivity contribution in [1.82, 2.24) is 9.47 Å². The van der Waals surface area contributed by atoms with E-state index in [0.29, 0.717) is 19.6 Å². The van der Waals surface area contributed by atoms with Gasteiger partial charge in [0.05, 0.1) is 12.6 Å². The number of aliphatic hydroxyl groups is 1. The molecule has 6 heteroatoms. The second-order valence-electron chi connectivity index (χ2n) is 6.53. The van der Waals surface area contributed by atoms with E-state index in [-0.39, 0.29) is 17.5 Å². The molecule has 1 aliphatic heterocycles. The second-order valence-corrected chi connectivity index (χ2v) is 6.53. The highest BCUT2D eigenvalue weighted by atomic mass is 16.3. The molecule has 2 amide bonds. The summed E-state index contributed by atoms with van der Waals surface area (Å²) >= 11 is 0. The third-order valence-electron chi connectivity index (χ3n) is 4.65. The van der Waals surface area contributed by atoms with Crippen LogP contribution in [-0.4, -0.2) is 39.8 Å². The fourth-order valence-electron chi connectivity index (χ4n) is 3.05. The summed E-state index contributed by atoms with van der Waals surface area (Å²) in [6.45, 7) is 3.51. The van der Waals surface area contributed by atoms with Crippen molar-refractivity contribution in [3.63, 3.8) is 0 Å². The molecule has 1 aliphatic rings. The van der Waals surface area contributed by atoms with Crippen LogP contribution >= 0.6 is 0 Å². The van der Waals surface area contributed by atoms with Crippen LogP contribution in [0.15, 0.2) is 53.5 Å². The van der Waals surface area contributed by atoms with E-state index in [2.05, 4.69) is 5.32 Å². The molecule has 0 radical (unpaired) electrons. The van der Waals surface area contributed by atoms with Crippen molar-refractivity contribution in [2.75, 3.05) is 18.4 Å². The first-order chi connectivity index (χ1) is 12.0. The van der Waals surface area contributed by atoms with Gasteiger partial charge in [0, 0.05) is 37.0 Å². The lowest BCUT2D eigenvalue weighted by Crippen LogP contribution is -2.34. The highest BCUT2D eigenvalue weighted by Crippen LogP contribution is 2.20. The Morgan fingerprint density at radius 2 is 2.04 bits per heavy atom. The van der Waals surface area contributed by atoms with Gasteiger partial charge in [-0.2, -0.15) is 0 Å². The van der Waals surface area contributed by atoms with E-state index in [9.17, 15) is 14.7 Å². The van der Waals surface area contributed by atoms with Gasteiger partial charge < -0.3 is 19.9 Å². The van der Waals surface area contributed by atoms with Crippen molar-refractivity contribution in [2.24, 2.45) is 5.92 Å². The Kier molecular flexibility index (Phi) is 5.19. The number of pyridine rings is 1. The van der Waals surface area contributed by atoms with E-state index < -0.39 is 6.10 Å². The molecule has 2 atom stereocenters. The second kappa shape index (κ2) is 7.53. The summed E-state index contributed by atoms with van der Waals surface area (Å²) in [6.07, 6.45) is 2.19. The van der Waals surface area contributed by atoms with Gasteiger partial charge in [-0.15, -0.1) is 0 Å². The quantitative estimate of drug-likeness (QED) is 0.895. The van der Waals surface area contributed by atoms with Crippen LogP contribution in [0.1, 0.15) is 18.9 Å². The van der Waals surface area contributed by atoms with Crippen molar-refractivity contribution < 1.29 is 9.90 Å². The van der Waals surface area contributed by atoms with E-state index in [4.69, 9.17) is 0 Å². The number of urea groups is 1. The molecule has 2 N–H and O–H groups in total. The first-order valence-corrected chi connectivity index (χ1v) is 8.51. The van der Waals surface area contributed by atoms with Crippen LogP contribution in [0.4, 0.5) is 10.5 Å². The summed E-state index contributed by atoms with van der Waals surface area (Å²) in [5, 5.41) is 12.5. The molecule has 0 saturated carbocycles. The van der Waals surface area contributed by atoms with Crippen LogP contribution in [-0.2, 0) is 6.54 Å². The van der Waals surface area contributed by atoms with Gasteiger partial charge in [-0.25, -0.2) is 4.79 Å². The zero-order valence-electron chi connectivity index (χ0n) is 14.3. The van der Waals surface area contributed by atoms with Crippen LogP contribution < -0.4 is 10.9 Å². The minimum atomic E-state index is -0.390. The number of anilines is 1. The molecule has 0 aliphatic carbocycles. The zero-order valence-corrected chi connectivity index (χ0v) is 14.3. The van der Waals surface area contributed by atoms with Gasteiger partial charge in [-0.1, -0.05) is 18.2 Å². The van der Waals surface area contributed by atoms with Crippen LogP contribution in [0.3, 0.4) is 0 Å². The van der Waals surface area contributed by atoms with Crippen LogP contribution in [0.2, 0.25) is 0 Å². The standard InChI is InChI=1S/C19H23N3O3/c1-14(23)16-9-11-22(13-16)19(25)20-17-7-5-15(6-8-17)12-21-10-3-2-4-18(21)24/h2-8,10,14,16,23H,9,11-13H2,1H3,(H,20,25)/t14-,16+/m0/s1. The number of rotatable bonds is 4. The molecule has 2 aromatic rings. The van der Waals surface area contributed by atoms with E-state index in [0.717, 1.165) is 17.7 Å². The number of amides is 2. The number of nitrogens with one attached hydrogen (secondary N) is 1. The number of carbonyl (C=O) groups excluding carboxylic acids is 1. The number of aliphatic hydroxyl groups excluding tert-OH is 1. The Hall–Kier alpha value is -2.60. The molecule has 132 valence electrons. The lowest BCUT2D eigenvalue weighted by molar-refractivity contribution is 0.130. The predicted octanol–water partition coefficient (Wildman–Crippen LogP) is 2.13. The minimum absolute atomic E-state index is 0.0402. The first kappa shape index (κ1) is 17.2. The molecular formula is C19H23N3O3. The van der Waals surface area contributed by atoms with Crippen molar-refractivity contribution in [3.8, 4) is 0 Å².